The highest BCUT2D eigenvalue weighted by atomic mass is 16.5. The van der Waals surface area contributed by atoms with E-state index in [4.69, 9.17) is 4.74 Å². The fourth-order valence-corrected chi connectivity index (χ4v) is 3.41. The van der Waals surface area contributed by atoms with Crippen molar-refractivity contribution in [3.8, 4) is 5.75 Å². The third-order valence-corrected chi connectivity index (χ3v) is 4.54. The predicted octanol–water partition coefficient (Wildman–Crippen LogP) is 6.10. The minimum absolute atomic E-state index is 0.180. The van der Waals surface area contributed by atoms with Gasteiger partial charge in [-0.3, -0.25) is 4.79 Å². The van der Waals surface area contributed by atoms with E-state index in [-0.39, 0.29) is 11.9 Å². The van der Waals surface area contributed by atoms with Crippen molar-refractivity contribution < 1.29 is 9.53 Å². The first kappa shape index (κ1) is 15.6. The van der Waals surface area contributed by atoms with E-state index in [0.29, 0.717) is 12.2 Å². The first-order chi connectivity index (χ1) is 12.1. The highest BCUT2D eigenvalue weighted by Crippen LogP contribution is 2.35. The minimum atomic E-state index is -0.180. The Hall–Kier alpha value is -2.87. The predicted molar refractivity (Wildman–Crippen MR) is 104 cm³/mol. The lowest BCUT2D eigenvalue weighted by Gasteiger charge is -2.12. The van der Waals surface area contributed by atoms with Crippen molar-refractivity contribution in [2.24, 2.45) is 5.92 Å². The van der Waals surface area contributed by atoms with Crippen LogP contribution in [0.5, 0.6) is 5.75 Å². The zero-order chi connectivity index (χ0) is 17.4. The third kappa shape index (κ3) is 2.85. The molecule has 0 aromatic heterocycles. The Kier molecular flexibility index (Phi) is 3.89. The average Bonchev–Trinajstić information content (AvgIpc) is 2.60. The molecule has 0 unspecified atom stereocenters. The van der Waals surface area contributed by atoms with Crippen LogP contribution < -0.4 is 4.74 Å². The lowest BCUT2D eigenvalue weighted by molar-refractivity contribution is -0.135. The molecule has 4 rings (SSSR count). The summed E-state index contributed by atoms with van der Waals surface area (Å²) < 4.78 is 5.64. The summed E-state index contributed by atoms with van der Waals surface area (Å²) in [6, 6.07) is 22.8. The van der Waals surface area contributed by atoms with Crippen LogP contribution in [0.4, 0.5) is 0 Å². The smallest absolute Gasteiger partial charge is 0.311 e. The Labute approximate surface area is 147 Å². The molecule has 0 amide bonds. The molecule has 0 heterocycles. The van der Waals surface area contributed by atoms with Gasteiger partial charge in [-0.15, -0.1) is 0 Å². The first-order valence-electron chi connectivity index (χ1n) is 8.67. The fourth-order valence-electron chi connectivity index (χ4n) is 3.41. The zero-order valence-electron chi connectivity index (χ0n) is 14.5. The van der Waals surface area contributed by atoms with Crippen LogP contribution in [-0.4, -0.2) is 5.97 Å². The molecule has 25 heavy (non-hydrogen) atoms. The fraction of sp³-hybridized carbons (Fsp3) is 0.174. The van der Waals surface area contributed by atoms with Gasteiger partial charge in [-0.05, 0) is 45.0 Å². The van der Waals surface area contributed by atoms with Crippen molar-refractivity contribution in [2.45, 2.75) is 20.3 Å². The summed E-state index contributed by atoms with van der Waals surface area (Å²) in [5.41, 5.74) is 0. The summed E-state index contributed by atoms with van der Waals surface area (Å²) in [4.78, 5) is 12.1. The highest BCUT2D eigenvalue weighted by molar-refractivity contribution is 6.18. The Bertz CT molecular complexity index is 1090. The maximum atomic E-state index is 12.1. The first-order valence-corrected chi connectivity index (χ1v) is 8.67. The minimum Gasteiger partial charge on any atom is -0.426 e. The largest absolute Gasteiger partial charge is 0.426 e. The molecule has 2 nitrogen and oxygen atoms in total. The van der Waals surface area contributed by atoms with Gasteiger partial charge in [0.2, 0.25) is 0 Å². The monoisotopic (exact) mass is 328 g/mol. The standard InChI is InChI=1S/C23H20O2/c1-15(2)14-23(24)25-22-9-5-8-18-20-11-10-16-6-3-4-7-17(16)19(20)12-13-21(18)22/h3-13,15H,14H2,1-2H3. The molecule has 0 aliphatic heterocycles. The van der Waals surface area contributed by atoms with Gasteiger partial charge in [-0.25, -0.2) is 0 Å². The van der Waals surface area contributed by atoms with Gasteiger partial charge >= 0.3 is 5.97 Å². The molecule has 0 fully saturated rings. The third-order valence-electron chi connectivity index (χ3n) is 4.54. The van der Waals surface area contributed by atoms with Gasteiger partial charge < -0.3 is 4.74 Å². The molecule has 0 atom stereocenters. The summed E-state index contributed by atoms with van der Waals surface area (Å²) in [5.74, 6) is 0.744. The average molecular weight is 328 g/mol. The van der Waals surface area contributed by atoms with Gasteiger partial charge in [0.05, 0.1) is 0 Å². The van der Waals surface area contributed by atoms with Gasteiger partial charge in [0.25, 0.3) is 0 Å². The Balaban J connectivity index is 1.90. The molecule has 4 aromatic carbocycles. The number of carbonyl (C=O) groups is 1. The summed E-state index contributed by atoms with van der Waals surface area (Å²) in [5, 5.41) is 6.95. The number of hydrogen-bond acceptors (Lipinski definition) is 2. The van der Waals surface area contributed by atoms with Crippen LogP contribution in [0.1, 0.15) is 20.3 Å². The van der Waals surface area contributed by atoms with Gasteiger partial charge in [-0.2, -0.15) is 0 Å². The van der Waals surface area contributed by atoms with Crippen LogP contribution in [0.3, 0.4) is 0 Å². The van der Waals surface area contributed by atoms with E-state index in [0.717, 1.165) is 10.8 Å². The number of esters is 1. The maximum absolute atomic E-state index is 12.1. The second-order valence-electron chi connectivity index (χ2n) is 6.87. The van der Waals surface area contributed by atoms with Crippen LogP contribution >= 0.6 is 0 Å². The molecule has 0 radical (unpaired) electrons. The molecular weight excluding hydrogens is 308 g/mol. The van der Waals surface area contributed by atoms with Crippen molar-refractivity contribution in [3.63, 3.8) is 0 Å². The van der Waals surface area contributed by atoms with Crippen molar-refractivity contribution in [1.82, 2.24) is 0 Å². The Morgan fingerprint density at radius 3 is 2.24 bits per heavy atom. The Morgan fingerprint density at radius 2 is 1.40 bits per heavy atom. The van der Waals surface area contributed by atoms with Gasteiger partial charge in [0.1, 0.15) is 5.75 Å². The maximum Gasteiger partial charge on any atom is 0.311 e. The molecule has 0 N–H and O–H groups in total. The molecule has 124 valence electrons. The number of carbonyl (C=O) groups excluding carboxylic acids is 1. The van der Waals surface area contributed by atoms with E-state index in [1.165, 1.54) is 21.5 Å². The van der Waals surface area contributed by atoms with Crippen LogP contribution in [0.25, 0.3) is 32.3 Å². The van der Waals surface area contributed by atoms with E-state index in [2.05, 4.69) is 54.6 Å². The summed E-state index contributed by atoms with van der Waals surface area (Å²) in [6.45, 7) is 4.03. The lowest BCUT2D eigenvalue weighted by atomic mass is 9.97. The van der Waals surface area contributed by atoms with Crippen molar-refractivity contribution in [2.75, 3.05) is 0 Å². The number of benzene rings is 4. The second kappa shape index (κ2) is 6.21. The van der Waals surface area contributed by atoms with E-state index < -0.39 is 0 Å². The van der Waals surface area contributed by atoms with Gasteiger partial charge in [0.15, 0.2) is 0 Å². The molecule has 0 aliphatic rings. The van der Waals surface area contributed by atoms with Crippen LogP contribution in [0.2, 0.25) is 0 Å². The SMILES string of the molecule is CC(C)CC(=O)Oc1cccc2c1ccc1c3ccccc3ccc21. The van der Waals surface area contributed by atoms with Crippen LogP contribution in [-0.2, 0) is 4.79 Å². The lowest BCUT2D eigenvalue weighted by Crippen LogP contribution is -2.10. The zero-order valence-corrected chi connectivity index (χ0v) is 14.5. The van der Waals surface area contributed by atoms with E-state index in [9.17, 15) is 4.79 Å². The van der Waals surface area contributed by atoms with Gasteiger partial charge in [0, 0.05) is 11.8 Å². The summed E-state index contributed by atoms with van der Waals surface area (Å²) in [6.07, 6.45) is 0.425. The number of ether oxygens (including phenoxy) is 1. The number of rotatable bonds is 3. The van der Waals surface area contributed by atoms with Crippen molar-refractivity contribution in [1.29, 1.82) is 0 Å². The normalized spacial score (nSPS) is 11.5. The van der Waals surface area contributed by atoms with E-state index in [1.54, 1.807) is 0 Å². The highest BCUT2D eigenvalue weighted by Gasteiger charge is 2.12. The van der Waals surface area contributed by atoms with E-state index >= 15 is 0 Å². The molecular formula is C23H20O2. The summed E-state index contributed by atoms with van der Waals surface area (Å²) in [7, 11) is 0. The molecule has 2 heteroatoms. The molecule has 4 aromatic rings. The summed E-state index contributed by atoms with van der Waals surface area (Å²) >= 11 is 0. The molecule has 0 spiro atoms. The van der Waals surface area contributed by atoms with Gasteiger partial charge in [-0.1, -0.05) is 68.4 Å². The molecule has 0 aliphatic carbocycles. The topological polar surface area (TPSA) is 26.3 Å². The quantitative estimate of drug-likeness (QED) is 0.258. The molecule has 0 saturated heterocycles. The van der Waals surface area contributed by atoms with Crippen molar-refractivity contribution >= 4 is 38.3 Å². The van der Waals surface area contributed by atoms with Crippen molar-refractivity contribution in [3.05, 3.63) is 66.7 Å². The number of fused-ring (bicyclic) bond motifs is 5. The molecule has 0 saturated carbocycles. The van der Waals surface area contributed by atoms with E-state index in [1.807, 2.05) is 26.0 Å². The number of hydrogen-bond donors (Lipinski definition) is 0. The van der Waals surface area contributed by atoms with Crippen LogP contribution in [0, 0.1) is 5.92 Å². The van der Waals surface area contributed by atoms with Crippen LogP contribution in [0.15, 0.2) is 66.7 Å². The molecule has 0 bridgehead atoms. The Morgan fingerprint density at radius 1 is 0.760 bits per heavy atom. The second-order valence-corrected chi connectivity index (χ2v) is 6.87.